The third kappa shape index (κ3) is 3.10. The van der Waals surface area contributed by atoms with Crippen LogP contribution in [0.3, 0.4) is 0 Å². The predicted molar refractivity (Wildman–Crippen MR) is 90.9 cm³/mol. The number of halogens is 1. The van der Waals surface area contributed by atoms with Gasteiger partial charge in [0.1, 0.15) is 11.6 Å². The SMILES string of the molecule is CO[C@](C)(C(=O)Nc1cccc2c1OCC[C@@H]2O)c1ccccc1F. The molecule has 0 saturated heterocycles. The van der Waals surface area contributed by atoms with Gasteiger partial charge in [-0.15, -0.1) is 0 Å². The molecule has 1 heterocycles. The maximum absolute atomic E-state index is 14.2. The molecule has 0 aliphatic carbocycles. The number of hydrogen-bond acceptors (Lipinski definition) is 4. The van der Waals surface area contributed by atoms with E-state index in [-0.39, 0.29) is 5.56 Å². The van der Waals surface area contributed by atoms with E-state index in [0.29, 0.717) is 30.0 Å². The summed E-state index contributed by atoms with van der Waals surface area (Å²) in [7, 11) is 1.35. The fourth-order valence-electron chi connectivity index (χ4n) is 2.92. The minimum atomic E-state index is -1.51. The fraction of sp³-hybridized carbons (Fsp3) is 0.316. The van der Waals surface area contributed by atoms with Crippen molar-refractivity contribution in [2.45, 2.75) is 25.0 Å². The monoisotopic (exact) mass is 345 g/mol. The van der Waals surface area contributed by atoms with Crippen molar-refractivity contribution in [1.29, 1.82) is 0 Å². The average Bonchev–Trinajstić information content (AvgIpc) is 2.62. The van der Waals surface area contributed by atoms with Gasteiger partial charge in [-0.3, -0.25) is 4.79 Å². The number of methoxy groups -OCH3 is 1. The highest BCUT2D eigenvalue weighted by Crippen LogP contribution is 2.39. The molecule has 0 unspecified atom stereocenters. The zero-order valence-electron chi connectivity index (χ0n) is 14.1. The summed E-state index contributed by atoms with van der Waals surface area (Å²) in [5.41, 5.74) is -0.336. The summed E-state index contributed by atoms with van der Waals surface area (Å²) in [6, 6.07) is 11.1. The summed E-state index contributed by atoms with van der Waals surface area (Å²) in [6.07, 6.45) is -0.143. The number of benzene rings is 2. The molecule has 1 aliphatic heterocycles. The third-order valence-corrected chi connectivity index (χ3v) is 4.52. The number of carbonyl (C=O) groups excluding carboxylic acids is 1. The van der Waals surface area contributed by atoms with Crippen LogP contribution in [0.5, 0.6) is 5.75 Å². The van der Waals surface area contributed by atoms with Gasteiger partial charge in [0.05, 0.1) is 18.4 Å². The summed E-state index contributed by atoms with van der Waals surface area (Å²) in [5, 5.41) is 12.8. The van der Waals surface area contributed by atoms with Gasteiger partial charge in [0.2, 0.25) is 0 Å². The molecule has 5 nitrogen and oxygen atoms in total. The zero-order valence-corrected chi connectivity index (χ0v) is 14.1. The topological polar surface area (TPSA) is 67.8 Å². The van der Waals surface area contributed by atoms with Crippen LogP contribution in [-0.2, 0) is 15.1 Å². The second-order valence-corrected chi connectivity index (χ2v) is 6.05. The van der Waals surface area contributed by atoms with E-state index in [1.165, 1.54) is 26.2 Å². The largest absolute Gasteiger partial charge is 0.491 e. The first-order chi connectivity index (χ1) is 12.0. The van der Waals surface area contributed by atoms with Gasteiger partial charge in [0.15, 0.2) is 5.60 Å². The number of fused-ring (bicyclic) bond motifs is 1. The van der Waals surface area contributed by atoms with Gasteiger partial charge >= 0.3 is 0 Å². The summed E-state index contributed by atoms with van der Waals surface area (Å²) in [4.78, 5) is 12.9. The Hall–Kier alpha value is -2.44. The highest BCUT2D eigenvalue weighted by atomic mass is 19.1. The quantitative estimate of drug-likeness (QED) is 0.893. The van der Waals surface area contributed by atoms with E-state index in [0.717, 1.165) is 0 Å². The molecule has 2 N–H and O–H groups in total. The van der Waals surface area contributed by atoms with E-state index in [1.54, 1.807) is 30.3 Å². The van der Waals surface area contributed by atoms with Crippen molar-refractivity contribution in [1.82, 2.24) is 0 Å². The van der Waals surface area contributed by atoms with Crippen LogP contribution in [0.25, 0.3) is 0 Å². The molecule has 0 aromatic heterocycles. The molecule has 25 heavy (non-hydrogen) atoms. The average molecular weight is 345 g/mol. The molecule has 2 aromatic rings. The van der Waals surface area contributed by atoms with Crippen molar-refractivity contribution in [3.8, 4) is 5.75 Å². The van der Waals surface area contributed by atoms with Crippen LogP contribution in [0.4, 0.5) is 10.1 Å². The molecule has 2 atom stereocenters. The Balaban J connectivity index is 1.94. The van der Waals surface area contributed by atoms with Crippen molar-refractivity contribution in [2.75, 3.05) is 19.0 Å². The Morgan fingerprint density at radius 1 is 1.32 bits per heavy atom. The van der Waals surface area contributed by atoms with Crippen molar-refractivity contribution in [3.63, 3.8) is 0 Å². The lowest BCUT2D eigenvalue weighted by Crippen LogP contribution is -2.40. The van der Waals surface area contributed by atoms with Gasteiger partial charge in [-0.1, -0.05) is 30.3 Å². The van der Waals surface area contributed by atoms with E-state index >= 15 is 0 Å². The van der Waals surface area contributed by atoms with E-state index < -0.39 is 23.4 Å². The lowest BCUT2D eigenvalue weighted by atomic mass is 9.93. The number of hydrogen-bond donors (Lipinski definition) is 2. The summed E-state index contributed by atoms with van der Waals surface area (Å²) >= 11 is 0. The first kappa shape index (κ1) is 17.4. The smallest absolute Gasteiger partial charge is 0.261 e. The Morgan fingerprint density at radius 3 is 2.80 bits per heavy atom. The number of nitrogens with one attached hydrogen (secondary N) is 1. The molecular weight excluding hydrogens is 325 g/mol. The van der Waals surface area contributed by atoms with E-state index in [9.17, 15) is 14.3 Å². The molecule has 1 amide bonds. The molecule has 6 heteroatoms. The van der Waals surface area contributed by atoms with Crippen LogP contribution in [0.1, 0.15) is 30.6 Å². The van der Waals surface area contributed by atoms with Crippen molar-refractivity contribution in [3.05, 3.63) is 59.4 Å². The zero-order chi connectivity index (χ0) is 18.0. The molecular formula is C19H20FNO4. The summed E-state index contributed by atoms with van der Waals surface area (Å²) in [6.45, 7) is 1.86. The minimum absolute atomic E-state index is 0.140. The number of amides is 1. The molecule has 132 valence electrons. The normalized spacial score (nSPS) is 18.6. The third-order valence-electron chi connectivity index (χ3n) is 4.52. The maximum atomic E-state index is 14.2. The molecule has 1 aliphatic rings. The molecule has 2 aromatic carbocycles. The van der Waals surface area contributed by atoms with E-state index in [2.05, 4.69) is 5.32 Å². The standard InChI is InChI=1S/C19H20FNO4/c1-19(24-2,13-7-3-4-8-14(13)20)18(23)21-15-9-5-6-12-16(22)10-11-25-17(12)15/h3-9,16,22H,10-11H2,1-2H3,(H,21,23)/t16-,19-/m0/s1. The van der Waals surface area contributed by atoms with Crippen molar-refractivity contribution in [2.24, 2.45) is 0 Å². The molecule has 0 fully saturated rings. The summed E-state index contributed by atoms with van der Waals surface area (Å²) < 4.78 is 25.2. The molecule has 3 rings (SSSR count). The summed E-state index contributed by atoms with van der Waals surface area (Å²) in [5.74, 6) is -0.623. The number of carbonyl (C=O) groups is 1. The Labute approximate surface area is 145 Å². The van der Waals surface area contributed by atoms with Gasteiger partial charge in [-0.2, -0.15) is 0 Å². The highest BCUT2D eigenvalue weighted by Gasteiger charge is 2.38. The van der Waals surface area contributed by atoms with Crippen molar-refractivity contribution < 1.29 is 23.8 Å². The Kier molecular flexibility index (Phi) is 4.74. The lowest BCUT2D eigenvalue weighted by molar-refractivity contribution is -0.137. The van der Waals surface area contributed by atoms with Crippen LogP contribution in [0, 0.1) is 5.82 Å². The van der Waals surface area contributed by atoms with Crippen LogP contribution < -0.4 is 10.1 Å². The second-order valence-electron chi connectivity index (χ2n) is 6.05. The van der Waals surface area contributed by atoms with Crippen LogP contribution in [0.15, 0.2) is 42.5 Å². The molecule has 0 saturated carbocycles. The van der Waals surface area contributed by atoms with Crippen LogP contribution >= 0.6 is 0 Å². The number of ether oxygens (including phenoxy) is 2. The number of aliphatic hydroxyl groups is 1. The van der Waals surface area contributed by atoms with Gasteiger partial charge < -0.3 is 19.9 Å². The van der Waals surface area contributed by atoms with Gasteiger partial charge in [-0.05, 0) is 19.1 Å². The number of anilines is 1. The lowest BCUT2D eigenvalue weighted by Gasteiger charge is -2.29. The minimum Gasteiger partial charge on any atom is -0.491 e. The van der Waals surface area contributed by atoms with Gasteiger partial charge in [0.25, 0.3) is 5.91 Å². The van der Waals surface area contributed by atoms with Gasteiger partial charge in [-0.25, -0.2) is 4.39 Å². The second kappa shape index (κ2) is 6.82. The fourth-order valence-corrected chi connectivity index (χ4v) is 2.92. The van der Waals surface area contributed by atoms with Crippen LogP contribution in [-0.4, -0.2) is 24.7 Å². The molecule has 0 bridgehead atoms. The predicted octanol–water partition coefficient (Wildman–Crippen LogP) is 3.14. The van der Waals surface area contributed by atoms with E-state index in [1.807, 2.05) is 0 Å². The van der Waals surface area contributed by atoms with E-state index in [4.69, 9.17) is 9.47 Å². The maximum Gasteiger partial charge on any atom is 0.261 e. The number of para-hydroxylation sites is 1. The first-order valence-electron chi connectivity index (χ1n) is 8.02. The number of aliphatic hydroxyl groups excluding tert-OH is 1. The highest BCUT2D eigenvalue weighted by molar-refractivity contribution is 5.99. The number of rotatable bonds is 4. The van der Waals surface area contributed by atoms with Crippen LogP contribution in [0.2, 0.25) is 0 Å². The van der Waals surface area contributed by atoms with Crippen molar-refractivity contribution >= 4 is 11.6 Å². The molecule has 0 radical (unpaired) electrons. The Bertz CT molecular complexity index is 795. The van der Waals surface area contributed by atoms with Gasteiger partial charge in [0, 0.05) is 24.7 Å². The molecule has 0 spiro atoms. The Morgan fingerprint density at radius 2 is 2.08 bits per heavy atom. The first-order valence-corrected chi connectivity index (χ1v) is 8.02.